The van der Waals surface area contributed by atoms with Gasteiger partial charge in [0.05, 0.1) is 11.3 Å². The molecule has 0 spiro atoms. The smallest absolute Gasteiger partial charge is 0.254 e. The lowest BCUT2D eigenvalue weighted by Crippen LogP contribution is -2.40. The zero-order valence-corrected chi connectivity index (χ0v) is 12.7. The summed E-state index contributed by atoms with van der Waals surface area (Å²) in [4.78, 5) is 12.4. The summed E-state index contributed by atoms with van der Waals surface area (Å²) in [5.41, 5.74) is 1.55. The highest BCUT2D eigenvalue weighted by Gasteiger charge is 2.42. The summed E-state index contributed by atoms with van der Waals surface area (Å²) in [6.45, 7) is 6.91. The molecular formula is C16H25N3O. The van der Waals surface area contributed by atoms with Gasteiger partial charge in [-0.3, -0.25) is 9.48 Å². The van der Waals surface area contributed by atoms with E-state index in [2.05, 4.69) is 17.3 Å². The van der Waals surface area contributed by atoms with Gasteiger partial charge in [0.2, 0.25) is 0 Å². The molecule has 0 saturated heterocycles. The molecule has 4 nitrogen and oxygen atoms in total. The molecule has 1 heterocycles. The number of carbonyl (C=O) groups is 1. The van der Waals surface area contributed by atoms with Crippen LogP contribution >= 0.6 is 0 Å². The molecule has 3 rings (SSSR count). The molecule has 4 heteroatoms. The van der Waals surface area contributed by atoms with E-state index in [0.717, 1.165) is 29.6 Å². The Labute approximate surface area is 120 Å². The van der Waals surface area contributed by atoms with Gasteiger partial charge >= 0.3 is 0 Å². The van der Waals surface area contributed by atoms with Gasteiger partial charge in [-0.15, -0.1) is 0 Å². The first kappa shape index (κ1) is 13.7. The summed E-state index contributed by atoms with van der Waals surface area (Å²) in [5.74, 6) is 2.49. The lowest BCUT2D eigenvalue weighted by atomic mass is 9.84. The van der Waals surface area contributed by atoms with Gasteiger partial charge < -0.3 is 5.32 Å². The summed E-state index contributed by atoms with van der Waals surface area (Å²) in [6, 6.07) is 0.280. The maximum absolute atomic E-state index is 12.4. The monoisotopic (exact) mass is 275 g/mol. The van der Waals surface area contributed by atoms with Crippen LogP contribution in [0.15, 0.2) is 6.20 Å². The summed E-state index contributed by atoms with van der Waals surface area (Å²) < 4.78 is 1.83. The molecule has 1 aromatic rings. The van der Waals surface area contributed by atoms with Crippen molar-refractivity contribution in [1.82, 2.24) is 15.1 Å². The van der Waals surface area contributed by atoms with Gasteiger partial charge in [-0.05, 0) is 57.8 Å². The summed E-state index contributed by atoms with van der Waals surface area (Å²) in [5, 5.41) is 7.56. The Bertz CT molecular complexity index is 508. The van der Waals surface area contributed by atoms with E-state index in [-0.39, 0.29) is 11.9 Å². The third kappa shape index (κ3) is 2.36. The van der Waals surface area contributed by atoms with Crippen LogP contribution in [0.5, 0.6) is 0 Å². The van der Waals surface area contributed by atoms with Crippen molar-refractivity contribution in [3.05, 3.63) is 17.5 Å². The van der Waals surface area contributed by atoms with E-state index < -0.39 is 0 Å². The fraction of sp³-hybridized carbons (Fsp3) is 0.750. The second kappa shape index (κ2) is 5.23. The summed E-state index contributed by atoms with van der Waals surface area (Å²) >= 11 is 0. The minimum absolute atomic E-state index is 0.0393. The average Bonchev–Trinajstić information content (AvgIpc) is 3.12. The first-order chi connectivity index (χ1) is 9.58. The largest absolute Gasteiger partial charge is 0.349 e. The van der Waals surface area contributed by atoms with Crippen molar-refractivity contribution in [3.63, 3.8) is 0 Å². The second-order valence-electron chi connectivity index (χ2n) is 6.58. The topological polar surface area (TPSA) is 46.9 Å². The Kier molecular flexibility index (Phi) is 3.57. The number of aryl methyl sites for hydroxylation is 2. The van der Waals surface area contributed by atoms with E-state index in [9.17, 15) is 4.79 Å². The van der Waals surface area contributed by atoms with Crippen molar-refractivity contribution in [3.8, 4) is 0 Å². The number of amides is 1. The number of hydrogen-bond donors (Lipinski definition) is 1. The van der Waals surface area contributed by atoms with Crippen LogP contribution in [-0.2, 0) is 6.54 Å². The molecule has 2 aliphatic rings. The van der Waals surface area contributed by atoms with Crippen LogP contribution < -0.4 is 5.32 Å². The molecule has 1 aromatic heterocycles. The van der Waals surface area contributed by atoms with E-state index in [0.29, 0.717) is 5.92 Å². The molecule has 20 heavy (non-hydrogen) atoms. The molecule has 0 unspecified atom stereocenters. The minimum atomic E-state index is 0.0393. The van der Waals surface area contributed by atoms with E-state index >= 15 is 0 Å². The van der Waals surface area contributed by atoms with Crippen molar-refractivity contribution in [2.24, 2.45) is 17.8 Å². The Morgan fingerprint density at radius 2 is 2.30 bits per heavy atom. The number of hydrogen-bond acceptors (Lipinski definition) is 2. The number of rotatable bonds is 4. The van der Waals surface area contributed by atoms with Gasteiger partial charge in [0.25, 0.3) is 5.91 Å². The molecule has 0 aliphatic heterocycles. The van der Waals surface area contributed by atoms with Gasteiger partial charge in [-0.25, -0.2) is 0 Å². The van der Waals surface area contributed by atoms with Crippen molar-refractivity contribution in [1.29, 1.82) is 0 Å². The maximum Gasteiger partial charge on any atom is 0.254 e. The predicted octanol–water partition coefficient (Wildman–Crippen LogP) is 2.77. The van der Waals surface area contributed by atoms with Crippen LogP contribution in [0.4, 0.5) is 0 Å². The molecule has 110 valence electrons. The Hall–Kier alpha value is -1.32. The van der Waals surface area contributed by atoms with E-state index in [1.54, 1.807) is 0 Å². The first-order valence-corrected chi connectivity index (χ1v) is 7.93. The maximum atomic E-state index is 12.4. The predicted molar refractivity (Wildman–Crippen MR) is 78.5 cm³/mol. The molecule has 2 bridgehead atoms. The molecule has 1 amide bonds. The van der Waals surface area contributed by atoms with E-state index in [1.165, 1.54) is 25.7 Å². The number of carbonyl (C=O) groups excluding carboxylic acids is 1. The number of fused-ring (bicyclic) bond motifs is 2. The average molecular weight is 275 g/mol. The summed E-state index contributed by atoms with van der Waals surface area (Å²) in [6.07, 6.45) is 7.32. The fourth-order valence-corrected chi connectivity index (χ4v) is 4.20. The molecule has 4 atom stereocenters. The molecule has 0 aromatic carbocycles. The zero-order valence-electron chi connectivity index (χ0n) is 12.7. The van der Waals surface area contributed by atoms with E-state index in [1.807, 2.05) is 24.7 Å². The second-order valence-corrected chi connectivity index (χ2v) is 6.58. The van der Waals surface area contributed by atoms with Crippen LogP contribution in [0.25, 0.3) is 0 Å². The van der Waals surface area contributed by atoms with Gasteiger partial charge in [-0.2, -0.15) is 5.10 Å². The third-order valence-corrected chi connectivity index (χ3v) is 5.31. The standard InChI is InChI=1S/C16H25N3O/c1-4-19-9-15(11(3)18-19)16(20)17-10(2)14-8-12-5-6-13(14)7-12/h9-10,12-14H,4-8H2,1-3H3,(H,17,20)/t10-,12+,13+,14-/m1/s1. The molecule has 0 radical (unpaired) electrons. The molecule has 2 aliphatic carbocycles. The summed E-state index contributed by atoms with van der Waals surface area (Å²) in [7, 11) is 0. The zero-order chi connectivity index (χ0) is 14.3. The van der Waals surface area contributed by atoms with Crippen LogP contribution in [-0.4, -0.2) is 21.7 Å². The molecule has 2 saturated carbocycles. The van der Waals surface area contributed by atoms with Gasteiger partial charge in [0.1, 0.15) is 0 Å². The molecule has 2 fully saturated rings. The van der Waals surface area contributed by atoms with Crippen molar-refractivity contribution >= 4 is 5.91 Å². The number of aromatic nitrogens is 2. The Morgan fingerprint density at radius 3 is 2.85 bits per heavy atom. The Balaban J connectivity index is 1.64. The van der Waals surface area contributed by atoms with Crippen LogP contribution in [0.2, 0.25) is 0 Å². The molecule has 1 N–H and O–H groups in total. The van der Waals surface area contributed by atoms with E-state index in [4.69, 9.17) is 0 Å². The van der Waals surface area contributed by atoms with Crippen LogP contribution in [0.1, 0.15) is 55.6 Å². The normalized spacial score (nSPS) is 29.6. The third-order valence-electron chi connectivity index (χ3n) is 5.31. The quantitative estimate of drug-likeness (QED) is 0.918. The van der Waals surface area contributed by atoms with Crippen molar-refractivity contribution < 1.29 is 4.79 Å². The van der Waals surface area contributed by atoms with Gasteiger partial charge in [0.15, 0.2) is 0 Å². The number of nitrogens with one attached hydrogen (secondary N) is 1. The highest BCUT2D eigenvalue weighted by Crippen LogP contribution is 2.49. The van der Waals surface area contributed by atoms with Gasteiger partial charge in [-0.1, -0.05) is 6.42 Å². The first-order valence-electron chi connectivity index (χ1n) is 7.93. The lowest BCUT2D eigenvalue weighted by molar-refractivity contribution is 0.0914. The minimum Gasteiger partial charge on any atom is -0.349 e. The van der Waals surface area contributed by atoms with Gasteiger partial charge in [0, 0.05) is 18.8 Å². The van der Waals surface area contributed by atoms with Crippen molar-refractivity contribution in [2.45, 2.75) is 59.0 Å². The lowest BCUT2D eigenvalue weighted by Gasteiger charge is -2.28. The number of nitrogens with zero attached hydrogens (tertiary/aromatic N) is 2. The Morgan fingerprint density at radius 1 is 1.50 bits per heavy atom. The highest BCUT2D eigenvalue weighted by molar-refractivity contribution is 5.95. The van der Waals surface area contributed by atoms with Crippen molar-refractivity contribution in [2.75, 3.05) is 0 Å². The fourth-order valence-electron chi connectivity index (χ4n) is 4.20. The van der Waals surface area contributed by atoms with Crippen LogP contribution in [0, 0.1) is 24.7 Å². The van der Waals surface area contributed by atoms with Crippen LogP contribution in [0.3, 0.4) is 0 Å². The highest BCUT2D eigenvalue weighted by atomic mass is 16.1. The molecular weight excluding hydrogens is 250 g/mol. The SMILES string of the molecule is CCn1cc(C(=O)N[C@H](C)[C@H]2C[C@H]3CC[C@H]2C3)c(C)n1.